The number of guanidine groups is 1. The van der Waals surface area contributed by atoms with Crippen molar-refractivity contribution >= 4 is 5.96 Å². The molecule has 156 valence electrons. The lowest BCUT2D eigenvalue weighted by Gasteiger charge is -2.18. The maximum Gasteiger partial charge on any atom is 0.185 e. The normalized spacial score (nSPS) is 12.2. The molecule has 8 nitrogen and oxygen atoms in total. The molecule has 0 radical (unpaired) electrons. The first kappa shape index (κ1) is 25.1. The quantitative estimate of drug-likeness (QED) is 0.0706. The van der Waals surface area contributed by atoms with E-state index in [0.29, 0.717) is 0 Å². The summed E-state index contributed by atoms with van der Waals surface area (Å²) in [6.45, 7) is 6.50. The van der Waals surface area contributed by atoms with Crippen LogP contribution in [0.15, 0.2) is 0 Å². The summed E-state index contributed by atoms with van der Waals surface area (Å²) < 4.78 is 5.47. The third-order valence-corrected chi connectivity index (χ3v) is 4.17. The van der Waals surface area contributed by atoms with Crippen molar-refractivity contribution in [2.24, 2.45) is 11.5 Å². The van der Waals surface area contributed by atoms with E-state index in [0.717, 1.165) is 65.1 Å². The van der Waals surface area contributed by atoms with Gasteiger partial charge in [0.25, 0.3) is 0 Å². The van der Waals surface area contributed by atoms with Crippen LogP contribution < -0.4 is 32.7 Å². The lowest BCUT2D eigenvalue weighted by Crippen LogP contribution is -2.40. The molecule has 0 spiro atoms. The van der Waals surface area contributed by atoms with Crippen molar-refractivity contribution in [1.82, 2.24) is 21.3 Å². The average Bonchev–Trinajstić information content (AvgIpc) is 2.63. The van der Waals surface area contributed by atoms with Crippen LogP contribution >= 0.6 is 0 Å². The Kier molecular flexibility index (Phi) is 19.7. The Bertz CT molecular complexity index is 305. The smallest absolute Gasteiger partial charge is 0.185 e. The Balaban J connectivity index is 3.31. The Labute approximate surface area is 160 Å². The van der Waals surface area contributed by atoms with Gasteiger partial charge < -0.3 is 32.2 Å². The second-order valence-electron chi connectivity index (χ2n) is 6.59. The molecular weight excluding hydrogens is 330 g/mol. The van der Waals surface area contributed by atoms with Gasteiger partial charge in [-0.3, -0.25) is 10.7 Å². The van der Waals surface area contributed by atoms with Crippen molar-refractivity contribution in [2.75, 3.05) is 52.9 Å². The van der Waals surface area contributed by atoms with Crippen LogP contribution in [0.1, 0.15) is 51.4 Å². The van der Waals surface area contributed by atoms with Crippen LogP contribution in [0.25, 0.3) is 0 Å². The minimum Gasteiger partial charge on any atom is -0.370 e. The number of rotatable bonds is 20. The monoisotopic (exact) mass is 373 g/mol. The predicted octanol–water partition coefficient (Wildman–Crippen LogP) is 0.290. The minimum atomic E-state index is 0.0626. The molecule has 1 unspecified atom stereocenters. The van der Waals surface area contributed by atoms with Crippen LogP contribution in [-0.2, 0) is 4.74 Å². The molecule has 0 aromatic carbocycles. The molecule has 0 aliphatic rings. The molecule has 0 aliphatic heterocycles. The molecular formula is C18H43N7O. The lowest BCUT2D eigenvalue weighted by atomic mass is 10.1. The number of hydrogen-bond donors (Lipinski definition) is 7. The molecule has 0 bridgehead atoms. The summed E-state index contributed by atoms with van der Waals surface area (Å²) in [4.78, 5) is 0. The highest BCUT2D eigenvalue weighted by atomic mass is 16.5. The number of nitrogens with two attached hydrogens (primary N) is 2. The molecule has 0 fully saturated rings. The van der Waals surface area contributed by atoms with Crippen LogP contribution in [0.4, 0.5) is 0 Å². The van der Waals surface area contributed by atoms with Crippen LogP contribution in [0.2, 0.25) is 0 Å². The summed E-state index contributed by atoms with van der Waals surface area (Å²) in [6.07, 6.45) is 9.33. The van der Waals surface area contributed by atoms with Crippen molar-refractivity contribution < 1.29 is 4.74 Å². The van der Waals surface area contributed by atoms with Gasteiger partial charge in [0, 0.05) is 20.2 Å². The van der Waals surface area contributed by atoms with Crippen molar-refractivity contribution in [1.29, 1.82) is 5.41 Å². The number of unbranched alkanes of at least 4 members (excludes halogenated alkanes) is 5. The summed E-state index contributed by atoms with van der Waals surface area (Å²) in [5, 5.41) is 20.2. The fraction of sp³-hybridized carbons (Fsp3) is 0.944. The summed E-state index contributed by atoms with van der Waals surface area (Å²) in [7, 11) is 1.75. The fourth-order valence-corrected chi connectivity index (χ4v) is 2.59. The maximum absolute atomic E-state index is 7.07. The fourth-order valence-electron chi connectivity index (χ4n) is 2.59. The highest BCUT2D eigenvalue weighted by Gasteiger charge is 2.04. The predicted molar refractivity (Wildman–Crippen MR) is 110 cm³/mol. The van der Waals surface area contributed by atoms with E-state index < -0.39 is 0 Å². The van der Waals surface area contributed by atoms with E-state index in [9.17, 15) is 0 Å². The third-order valence-electron chi connectivity index (χ3n) is 4.17. The van der Waals surface area contributed by atoms with Crippen molar-refractivity contribution in [3.8, 4) is 0 Å². The molecule has 9 N–H and O–H groups in total. The van der Waals surface area contributed by atoms with E-state index in [1.54, 1.807) is 7.11 Å². The Morgan fingerprint density at radius 3 is 2.08 bits per heavy atom. The topological polar surface area (TPSA) is 133 Å². The van der Waals surface area contributed by atoms with Crippen molar-refractivity contribution in [3.63, 3.8) is 0 Å². The Morgan fingerprint density at radius 2 is 1.42 bits per heavy atom. The Morgan fingerprint density at radius 1 is 0.846 bits per heavy atom. The molecule has 0 aromatic rings. The van der Waals surface area contributed by atoms with Gasteiger partial charge >= 0.3 is 0 Å². The average molecular weight is 374 g/mol. The number of hydrogen-bond acceptors (Lipinski definition) is 6. The maximum atomic E-state index is 7.07. The zero-order valence-electron chi connectivity index (χ0n) is 16.7. The molecule has 0 aromatic heterocycles. The third kappa shape index (κ3) is 19.4. The Hall–Kier alpha value is -0.930. The molecule has 1 atom stereocenters. The first-order chi connectivity index (χ1) is 12.7. The summed E-state index contributed by atoms with van der Waals surface area (Å²) >= 11 is 0. The van der Waals surface area contributed by atoms with Crippen molar-refractivity contribution in [3.05, 3.63) is 0 Å². The van der Waals surface area contributed by atoms with Gasteiger partial charge in [-0.15, -0.1) is 0 Å². The van der Waals surface area contributed by atoms with E-state index >= 15 is 0 Å². The summed E-state index contributed by atoms with van der Waals surface area (Å²) in [6, 6.07) is 0. The van der Waals surface area contributed by atoms with Gasteiger partial charge in [0.15, 0.2) is 5.96 Å². The zero-order valence-corrected chi connectivity index (χ0v) is 16.7. The van der Waals surface area contributed by atoms with Crippen LogP contribution in [0.3, 0.4) is 0 Å². The van der Waals surface area contributed by atoms with E-state index in [4.69, 9.17) is 21.6 Å². The number of ether oxygens (including phenoxy) is 1. The van der Waals surface area contributed by atoms with Gasteiger partial charge in [-0.2, -0.15) is 0 Å². The van der Waals surface area contributed by atoms with Crippen LogP contribution in [0, 0.1) is 5.41 Å². The zero-order chi connectivity index (χ0) is 19.3. The van der Waals surface area contributed by atoms with Gasteiger partial charge in [-0.05, 0) is 64.8 Å². The van der Waals surface area contributed by atoms with E-state index in [-0.39, 0.29) is 12.2 Å². The van der Waals surface area contributed by atoms with Gasteiger partial charge in [0.2, 0.25) is 0 Å². The molecule has 26 heavy (non-hydrogen) atoms. The number of nitrogens with one attached hydrogen (secondary N) is 5. The highest BCUT2D eigenvalue weighted by molar-refractivity contribution is 5.74. The van der Waals surface area contributed by atoms with Gasteiger partial charge in [0.1, 0.15) is 6.23 Å². The van der Waals surface area contributed by atoms with Crippen LogP contribution in [0.5, 0.6) is 0 Å². The largest absolute Gasteiger partial charge is 0.370 e. The SMILES string of the molecule is COC(CNCCCCNCCCN)NCCCCCCCNC(=N)N. The van der Waals surface area contributed by atoms with Gasteiger partial charge in [-0.25, -0.2) is 0 Å². The lowest BCUT2D eigenvalue weighted by molar-refractivity contribution is 0.0734. The van der Waals surface area contributed by atoms with Crippen molar-refractivity contribution in [2.45, 2.75) is 57.6 Å². The molecule has 0 aliphatic carbocycles. The molecule has 0 amide bonds. The molecule has 8 heteroatoms. The summed E-state index contributed by atoms with van der Waals surface area (Å²) in [5.74, 6) is 0.0626. The van der Waals surface area contributed by atoms with Gasteiger partial charge in [-0.1, -0.05) is 19.3 Å². The minimum absolute atomic E-state index is 0.0626. The number of methoxy groups -OCH3 is 1. The van der Waals surface area contributed by atoms with E-state index in [1.807, 2.05) is 0 Å². The molecule has 0 heterocycles. The molecule has 0 saturated heterocycles. The second kappa shape index (κ2) is 20.4. The first-order valence-corrected chi connectivity index (χ1v) is 10.2. The van der Waals surface area contributed by atoms with Gasteiger partial charge in [0.05, 0.1) is 0 Å². The van der Waals surface area contributed by atoms with E-state index in [2.05, 4.69) is 21.3 Å². The second-order valence-corrected chi connectivity index (χ2v) is 6.59. The molecule has 0 saturated carbocycles. The highest BCUT2D eigenvalue weighted by Crippen LogP contribution is 2.01. The summed E-state index contributed by atoms with van der Waals surface area (Å²) in [5.41, 5.74) is 10.7. The van der Waals surface area contributed by atoms with Crippen LogP contribution in [-0.4, -0.2) is 65.1 Å². The first-order valence-electron chi connectivity index (χ1n) is 10.2. The standard InChI is InChI=1S/C18H43N7O/c1-26-17(16-23-12-8-7-11-22-13-9-10-19)24-14-5-3-2-4-6-15-25-18(20)21/h17,22-24H,2-16,19H2,1H3,(H4,20,21,25). The molecule has 0 rings (SSSR count). The van der Waals surface area contributed by atoms with E-state index in [1.165, 1.54) is 32.1 Å².